The van der Waals surface area contributed by atoms with Gasteiger partial charge in [0.05, 0.1) is 11.6 Å². The lowest BCUT2D eigenvalue weighted by Crippen LogP contribution is -2.38. The summed E-state index contributed by atoms with van der Waals surface area (Å²) < 4.78 is 40.0. The summed E-state index contributed by atoms with van der Waals surface area (Å²) in [6.07, 6.45) is 0.0324. The summed E-state index contributed by atoms with van der Waals surface area (Å²) in [5.74, 6) is -0.302. The van der Waals surface area contributed by atoms with E-state index in [1.54, 1.807) is 0 Å². The first-order valence-corrected chi connectivity index (χ1v) is 11.8. The van der Waals surface area contributed by atoms with Crippen molar-refractivity contribution in [3.8, 4) is 0 Å². The summed E-state index contributed by atoms with van der Waals surface area (Å²) >= 11 is 0. The quantitative estimate of drug-likeness (QED) is 0.288. The number of aryl methyl sites for hydroxylation is 1. The van der Waals surface area contributed by atoms with E-state index in [0.29, 0.717) is 0 Å². The summed E-state index contributed by atoms with van der Waals surface area (Å²) in [6.45, 7) is 0. The van der Waals surface area contributed by atoms with Crippen molar-refractivity contribution in [2.24, 2.45) is 0 Å². The highest BCUT2D eigenvalue weighted by atomic mass is 19.4. The van der Waals surface area contributed by atoms with Crippen LogP contribution in [0.25, 0.3) is 21.5 Å². The molecule has 0 heterocycles. The molecule has 0 spiro atoms. The van der Waals surface area contributed by atoms with Crippen LogP contribution in [0.5, 0.6) is 0 Å². The summed E-state index contributed by atoms with van der Waals surface area (Å²) in [5, 5.41) is 4.64. The van der Waals surface area contributed by atoms with Crippen molar-refractivity contribution in [1.82, 2.24) is 4.90 Å². The van der Waals surface area contributed by atoms with Crippen LogP contribution >= 0.6 is 0 Å². The normalized spacial score (nSPS) is 18.1. The fraction of sp³-hybridized carbons (Fsp3) is 0.276. The van der Waals surface area contributed by atoms with Crippen LogP contribution in [-0.2, 0) is 12.6 Å². The Bertz CT molecular complexity index is 1420. The van der Waals surface area contributed by atoms with Gasteiger partial charge >= 0.3 is 6.18 Å². The first-order valence-electron chi connectivity index (χ1n) is 11.8. The maximum atomic E-state index is 13.7. The minimum Gasteiger partial charge on any atom is -0.329 e. The number of fused-ring (bicyclic) bond motifs is 5. The van der Waals surface area contributed by atoms with Gasteiger partial charge < -0.3 is 4.90 Å². The maximum absolute atomic E-state index is 13.7. The van der Waals surface area contributed by atoms with Gasteiger partial charge in [-0.1, -0.05) is 54.6 Å². The van der Waals surface area contributed by atoms with Gasteiger partial charge in [-0.3, -0.25) is 4.79 Å². The zero-order valence-corrected chi connectivity index (χ0v) is 18.6. The number of alkyl halides is 3. The SMILES string of the molecule is O=C(c1cccc(C(F)(F)F)c1)N(C1CC1)C1CCCc2ccc3c(ccc4ccccc43)c21. The van der Waals surface area contributed by atoms with Crippen molar-refractivity contribution in [2.75, 3.05) is 0 Å². The van der Waals surface area contributed by atoms with Crippen LogP contribution < -0.4 is 0 Å². The van der Waals surface area contributed by atoms with Crippen molar-refractivity contribution in [1.29, 1.82) is 0 Å². The van der Waals surface area contributed by atoms with Crippen LogP contribution in [0.1, 0.15) is 58.8 Å². The summed E-state index contributed by atoms with van der Waals surface area (Å²) in [7, 11) is 0. The molecule has 4 aromatic carbocycles. The van der Waals surface area contributed by atoms with Crippen molar-refractivity contribution < 1.29 is 18.0 Å². The highest BCUT2D eigenvalue weighted by molar-refractivity contribution is 6.09. The average Bonchev–Trinajstić information content (AvgIpc) is 3.68. The van der Waals surface area contributed by atoms with E-state index in [1.807, 2.05) is 17.0 Å². The second-order valence-electron chi connectivity index (χ2n) is 9.45. The number of carbonyl (C=O) groups is 1. The van der Waals surface area contributed by atoms with E-state index in [-0.39, 0.29) is 23.6 Å². The van der Waals surface area contributed by atoms with Gasteiger partial charge in [0.25, 0.3) is 5.91 Å². The second kappa shape index (κ2) is 7.86. The van der Waals surface area contributed by atoms with Gasteiger partial charge in [-0.2, -0.15) is 13.2 Å². The molecule has 2 nitrogen and oxygen atoms in total. The third-order valence-corrected chi connectivity index (χ3v) is 7.26. The summed E-state index contributed by atoms with van der Waals surface area (Å²) in [4.78, 5) is 15.6. The third kappa shape index (κ3) is 3.54. The van der Waals surface area contributed by atoms with Crippen molar-refractivity contribution in [2.45, 2.75) is 50.4 Å². The number of carbonyl (C=O) groups excluding carboxylic acids is 1. The van der Waals surface area contributed by atoms with Gasteiger partial charge in [0.1, 0.15) is 0 Å². The van der Waals surface area contributed by atoms with E-state index in [1.165, 1.54) is 34.0 Å². The van der Waals surface area contributed by atoms with Crippen molar-refractivity contribution in [3.05, 3.63) is 95.1 Å². The monoisotopic (exact) mass is 459 g/mol. The highest BCUT2D eigenvalue weighted by Crippen LogP contribution is 2.45. The van der Waals surface area contributed by atoms with Gasteiger partial charge in [0, 0.05) is 11.6 Å². The van der Waals surface area contributed by atoms with Crippen molar-refractivity contribution in [3.63, 3.8) is 0 Å². The Hall–Kier alpha value is -3.34. The fourth-order valence-corrected chi connectivity index (χ4v) is 5.57. The Morgan fingerprint density at radius 3 is 2.41 bits per heavy atom. The number of hydrogen-bond donors (Lipinski definition) is 0. The molecule has 0 aromatic heterocycles. The summed E-state index contributed by atoms with van der Waals surface area (Å²) in [6, 6.07) is 21.7. The minimum atomic E-state index is -4.48. The molecule has 4 aromatic rings. The lowest BCUT2D eigenvalue weighted by atomic mass is 9.82. The van der Waals surface area contributed by atoms with Crippen LogP contribution in [-0.4, -0.2) is 16.8 Å². The van der Waals surface area contributed by atoms with Crippen LogP contribution in [0, 0.1) is 0 Å². The maximum Gasteiger partial charge on any atom is 0.416 e. The molecule has 0 aliphatic heterocycles. The molecule has 34 heavy (non-hydrogen) atoms. The van der Waals surface area contributed by atoms with Gasteiger partial charge in [-0.15, -0.1) is 0 Å². The van der Waals surface area contributed by atoms with E-state index >= 15 is 0 Å². The van der Waals surface area contributed by atoms with E-state index in [0.717, 1.165) is 55.0 Å². The molecule has 0 saturated heterocycles. The van der Waals surface area contributed by atoms with Crippen LogP contribution in [0.4, 0.5) is 13.2 Å². The number of amides is 1. The largest absolute Gasteiger partial charge is 0.416 e. The predicted molar refractivity (Wildman–Crippen MR) is 128 cm³/mol. The van der Waals surface area contributed by atoms with Crippen molar-refractivity contribution >= 4 is 27.5 Å². The molecule has 1 saturated carbocycles. The van der Waals surface area contributed by atoms with Gasteiger partial charge in [-0.25, -0.2) is 0 Å². The number of nitrogens with zero attached hydrogens (tertiary/aromatic N) is 1. The van der Waals surface area contributed by atoms with Gasteiger partial charge in [-0.05, 0) is 83.0 Å². The number of benzene rings is 4. The first kappa shape index (κ1) is 21.2. The molecule has 6 rings (SSSR count). The van der Waals surface area contributed by atoms with Crippen LogP contribution in [0.3, 0.4) is 0 Å². The topological polar surface area (TPSA) is 20.3 Å². The number of halogens is 3. The minimum absolute atomic E-state index is 0.0775. The predicted octanol–water partition coefficient (Wildman–Crippen LogP) is 7.69. The van der Waals surface area contributed by atoms with Gasteiger partial charge in [0.2, 0.25) is 0 Å². The third-order valence-electron chi connectivity index (χ3n) is 7.26. The highest BCUT2D eigenvalue weighted by Gasteiger charge is 2.41. The Labute approximate surface area is 196 Å². The standard InChI is InChI=1S/C29H24F3NO/c30-29(31,32)21-8-3-7-20(17-21)28(34)33(22-13-14-22)26-10-4-6-19-12-15-24-23-9-2-1-5-18(23)11-16-25(24)27(19)26/h1-3,5,7-9,11-12,15-17,22,26H,4,6,10,13-14H2. The van der Waals surface area contributed by atoms with Crippen LogP contribution in [0.15, 0.2) is 72.8 Å². The molecule has 1 atom stereocenters. The lowest BCUT2D eigenvalue weighted by molar-refractivity contribution is -0.137. The van der Waals surface area contributed by atoms with E-state index in [4.69, 9.17) is 0 Å². The average molecular weight is 460 g/mol. The smallest absolute Gasteiger partial charge is 0.329 e. The molecular formula is C29H24F3NO. The Morgan fingerprint density at radius 2 is 1.62 bits per heavy atom. The molecule has 2 aliphatic carbocycles. The zero-order chi connectivity index (χ0) is 23.4. The van der Waals surface area contributed by atoms with E-state index in [9.17, 15) is 18.0 Å². The molecule has 1 fully saturated rings. The fourth-order valence-electron chi connectivity index (χ4n) is 5.57. The molecule has 1 unspecified atom stereocenters. The van der Waals surface area contributed by atoms with Crippen LogP contribution in [0.2, 0.25) is 0 Å². The molecule has 0 N–H and O–H groups in total. The second-order valence-corrected chi connectivity index (χ2v) is 9.45. The number of hydrogen-bond acceptors (Lipinski definition) is 1. The lowest BCUT2D eigenvalue weighted by Gasteiger charge is -2.37. The molecule has 2 aliphatic rings. The van der Waals surface area contributed by atoms with E-state index in [2.05, 4.69) is 36.4 Å². The molecule has 0 radical (unpaired) electrons. The molecule has 5 heteroatoms. The Balaban J connectivity index is 1.49. The number of rotatable bonds is 3. The summed E-state index contributed by atoms with van der Waals surface area (Å²) in [5.41, 5.74) is 1.73. The van der Waals surface area contributed by atoms with E-state index < -0.39 is 11.7 Å². The molecular weight excluding hydrogens is 435 g/mol. The molecule has 1 amide bonds. The first-order chi connectivity index (χ1) is 16.4. The molecule has 0 bridgehead atoms. The molecule has 172 valence electrons. The Morgan fingerprint density at radius 1 is 0.824 bits per heavy atom. The zero-order valence-electron chi connectivity index (χ0n) is 18.6. The Kier molecular flexibility index (Phi) is 4.91. The van der Waals surface area contributed by atoms with Gasteiger partial charge in [0.15, 0.2) is 0 Å².